The molecule has 2 aliphatic rings. The highest BCUT2D eigenvalue weighted by atomic mass is 19.4. The van der Waals surface area contributed by atoms with Crippen LogP contribution in [0.15, 0.2) is 18.2 Å². The SMILES string of the molecule is C#CCO[C@H]1CCN(c2cccc(C)c2CN2CCN(C(=O)OC(C(F)(F)F)C(F)(F)F)CC2C(F)(F)F)C1. The molecule has 6 nitrogen and oxygen atoms in total. The van der Waals surface area contributed by atoms with Gasteiger partial charge in [-0.2, -0.15) is 39.5 Å². The zero-order valence-electron chi connectivity index (χ0n) is 20.7. The summed E-state index contributed by atoms with van der Waals surface area (Å²) >= 11 is 0. The molecule has 2 atom stereocenters. The van der Waals surface area contributed by atoms with E-state index in [-0.39, 0.29) is 24.2 Å². The number of ether oxygens (including phenoxy) is 2. The highest BCUT2D eigenvalue weighted by Gasteiger charge is 2.60. The maximum atomic E-state index is 14.0. The molecular weight excluding hydrogens is 549 g/mol. The van der Waals surface area contributed by atoms with Crippen molar-refractivity contribution in [1.29, 1.82) is 0 Å². The van der Waals surface area contributed by atoms with Crippen LogP contribution >= 0.6 is 0 Å². The molecular formula is C24H26F9N3O3. The van der Waals surface area contributed by atoms with Crippen LogP contribution in [0.25, 0.3) is 0 Å². The van der Waals surface area contributed by atoms with Gasteiger partial charge in [-0.05, 0) is 30.5 Å². The lowest BCUT2D eigenvalue weighted by Gasteiger charge is -2.42. The van der Waals surface area contributed by atoms with Gasteiger partial charge in [0.15, 0.2) is 0 Å². The number of carbonyl (C=O) groups is 1. The average Bonchev–Trinajstić information content (AvgIpc) is 3.29. The molecule has 0 bridgehead atoms. The van der Waals surface area contributed by atoms with Crippen LogP contribution in [0, 0.1) is 19.3 Å². The molecule has 0 radical (unpaired) electrons. The van der Waals surface area contributed by atoms with Crippen molar-refractivity contribution in [3.63, 3.8) is 0 Å². The van der Waals surface area contributed by atoms with E-state index in [1.807, 2.05) is 4.90 Å². The van der Waals surface area contributed by atoms with Crippen LogP contribution in [0.2, 0.25) is 0 Å². The second kappa shape index (κ2) is 11.7. The number of benzene rings is 1. The maximum Gasteiger partial charge on any atom is 0.434 e. The van der Waals surface area contributed by atoms with Crippen LogP contribution in [0.5, 0.6) is 0 Å². The van der Waals surface area contributed by atoms with Gasteiger partial charge in [-0.1, -0.05) is 18.1 Å². The lowest BCUT2D eigenvalue weighted by molar-refractivity contribution is -0.309. The maximum absolute atomic E-state index is 14.0. The summed E-state index contributed by atoms with van der Waals surface area (Å²) in [5.74, 6) is 2.38. The molecule has 2 heterocycles. The van der Waals surface area contributed by atoms with Crippen molar-refractivity contribution in [1.82, 2.24) is 9.80 Å². The highest BCUT2D eigenvalue weighted by molar-refractivity contribution is 5.68. The number of alkyl halides is 9. The Morgan fingerprint density at radius 3 is 2.31 bits per heavy atom. The summed E-state index contributed by atoms with van der Waals surface area (Å²) in [6.45, 7) is 0.391. The first-order chi connectivity index (χ1) is 18.0. The van der Waals surface area contributed by atoms with E-state index in [0.29, 0.717) is 36.3 Å². The fraction of sp³-hybridized carbons (Fsp3) is 0.625. The molecule has 3 rings (SSSR count). The van der Waals surface area contributed by atoms with Crippen LogP contribution in [-0.2, 0) is 16.0 Å². The van der Waals surface area contributed by atoms with E-state index in [2.05, 4.69) is 10.7 Å². The van der Waals surface area contributed by atoms with Gasteiger partial charge in [0.25, 0.3) is 6.10 Å². The van der Waals surface area contributed by atoms with Crippen LogP contribution in [0.4, 0.5) is 50.0 Å². The van der Waals surface area contributed by atoms with Crippen molar-refractivity contribution >= 4 is 11.8 Å². The van der Waals surface area contributed by atoms with Gasteiger partial charge in [0, 0.05) is 45.0 Å². The molecule has 0 aromatic heterocycles. The first-order valence-corrected chi connectivity index (χ1v) is 11.8. The number of terminal acetylenes is 1. The summed E-state index contributed by atoms with van der Waals surface area (Å²) in [5, 5.41) is 0. The Kier molecular flexibility index (Phi) is 9.21. The molecule has 2 saturated heterocycles. The number of aryl methyl sites for hydroxylation is 1. The van der Waals surface area contributed by atoms with Crippen molar-refractivity contribution in [3.05, 3.63) is 29.3 Å². The van der Waals surface area contributed by atoms with Crippen molar-refractivity contribution < 1.29 is 53.8 Å². The number of hydrogen-bond acceptors (Lipinski definition) is 5. The Balaban J connectivity index is 1.78. The van der Waals surface area contributed by atoms with Crippen LogP contribution in [0.3, 0.4) is 0 Å². The van der Waals surface area contributed by atoms with E-state index >= 15 is 0 Å². The van der Waals surface area contributed by atoms with Crippen molar-refractivity contribution in [2.24, 2.45) is 0 Å². The average molecular weight is 575 g/mol. The summed E-state index contributed by atoms with van der Waals surface area (Å²) in [6, 6.07) is 2.85. The predicted octanol–water partition coefficient (Wildman–Crippen LogP) is 4.90. The Bertz CT molecular complexity index is 1040. The Hall–Kier alpha value is -2.86. The van der Waals surface area contributed by atoms with Gasteiger partial charge < -0.3 is 19.3 Å². The van der Waals surface area contributed by atoms with Crippen LogP contribution in [-0.4, -0.2) is 92.0 Å². The van der Waals surface area contributed by atoms with Crippen molar-refractivity contribution in [2.45, 2.75) is 56.7 Å². The molecule has 0 aliphatic carbocycles. The van der Waals surface area contributed by atoms with E-state index in [1.54, 1.807) is 25.1 Å². The third-order valence-electron chi connectivity index (χ3n) is 6.58. The van der Waals surface area contributed by atoms with Gasteiger partial charge >= 0.3 is 24.6 Å². The Morgan fingerprint density at radius 2 is 1.72 bits per heavy atom. The monoisotopic (exact) mass is 575 g/mol. The summed E-state index contributed by atoms with van der Waals surface area (Å²) in [7, 11) is 0. The summed E-state index contributed by atoms with van der Waals surface area (Å²) in [5.41, 5.74) is 1.92. The molecule has 1 aromatic carbocycles. The zero-order valence-corrected chi connectivity index (χ0v) is 20.7. The van der Waals surface area contributed by atoms with E-state index < -0.39 is 56.4 Å². The molecule has 1 aromatic rings. The molecule has 15 heteroatoms. The molecule has 1 unspecified atom stereocenters. The third kappa shape index (κ3) is 7.63. The first-order valence-electron chi connectivity index (χ1n) is 11.8. The molecule has 218 valence electrons. The summed E-state index contributed by atoms with van der Waals surface area (Å²) in [4.78, 5) is 15.3. The fourth-order valence-corrected chi connectivity index (χ4v) is 4.62. The largest absolute Gasteiger partial charge is 0.434 e. The lowest BCUT2D eigenvalue weighted by Crippen LogP contribution is -2.60. The third-order valence-corrected chi connectivity index (χ3v) is 6.58. The predicted molar refractivity (Wildman–Crippen MR) is 121 cm³/mol. The fourth-order valence-electron chi connectivity index (χ4n) is 4.62. The van der Waals surface area contributed by atoms with Gasteiger partial charge in [-0.3, -0.25) is 4.90 Å². The van der Waals surface area contributed by atoms with E-state index in [4.69, 9.17) is 11.2 Å². The number of anilines is 1. The van der Waals surface area contributed by atoms with Gasteiger partial charge in [0.1, 0.15) is 12.6 Å². The molecule has 1 amide bonds. The van der Waals surface area contributed by atoms with Crippen LogP contribution < -0.4 is 4.90 Å². The van der Waals surface area contributed by atoms with E-state index in [1.165, 1.54) is 0 Å². The van der Waals surface area contributed by atoms with Gasteiger partial charge in [-0.15, -0.1) is 6.42 Å². The van der Waals surface area contributed by atoms with Crippen molar-refractivity contribution in [3.8, 4) is 12.3 Å². The number of carbonyl (C=O) groups excluding carboxylic acids is 1. The number of hydrogen-bond donors (Lipinski definition) is 0. The molecule has 2 fully saturated rings. The second-order valence-electron chi connectivity index (χ2n) is 9.27. The molecule has 2 aliphatic heterocycles. The standard InChI is InChI=1S/C24H26F9N3O3/c1-3-11-38-16-7-8-34(12-16)18-6-4-5-15(2)17(18)13-35-9-10-36(14-19(35)22(25,26)27)21(37)39-20(23(28,29)30)24(31,32)33/h1,4-6,16,19-20H,7-14H2,2H3/t16-,19?/m0/s1. The Labute approximate surface area is 218 Å². The number of rotatable bonds is 6. The molecule has 0 saturated carbocycles. The second-order valence-corrected chi connectivity index (χ2v) is 9.27. The minimum Gasteiger partial charge on any atom is -0.426 e. The van der Waals surface area contributed by atoms with Gasteiger partial charge in [-0.25, -0.2) is 4.79 Å². The first kappa shape index (κ1) is 30.7. The topological polar surface area (TPSA) is 45.2 Å². The van der Waals surface area contributed by atoms with Crippen molar-refractivity contribution in [2.75, 3.05) is 44.2 Å². The summed E-state index contributed by atoms with van der Waals surface area (Å²) in [6.07, 6.45) is -17.8. The van der Waals surface area contributed by atoms with E-state index in [0.717, 1.165) is 4.90 Å². The molecule has 0 N–H and O–H groups in total. The number of halogens is 9. The van der Waals surface area contributed by atoms with Gasteiger partial charge in [0.05, 0.1) is 6.10 Å². The minimum atomic E-state index is -5.99. The van der Waals surface area contributed by atoms with E-state index in [9.17, 15) is 44.3 Å². The number of piperazine rings is 1. The quantitative estimate of drug-likeness (QED) is 0.357. The number of nitrogens with zero attached hydrogens (tertiary/aromatic N) is 3. The lowest BCUT2D eigenvalue weighted by atomic mass is 10.0. The normalized spacial score (nSPS) is 21.4. The van der Waals surface area contributed by atoms with Gasteiger partial charge in [0.2, 0.25) is 0 Å². The number of amides is 1. The zero-order chi connectivity index (χ0) is 29.2. The Morgan fingerprint density at radius 1 is 1.05 bits per heavy atom. The molecule has 39 heavy (non-hydrogen) atoms. The minimum absolute atomic E-state index is 0.117. The van der Waals surface area contributed by atoms with Crippen LogP contribution in [0.1, 0.15) is 17.5 Å². The molecule has 0 spiro atoms. The summed E-state index contributed by atoms with van der Waals surface area (Å²) < 4.78 is 128. The highest BCUT2D eigenvalue weighted by Crippen LogP contribution is 2.37. The smallest absolute Gasteiger partial charge is 0.426 e.